The predicted octanol–water partition coefficient (Wildman–Crippen LogP) is 2.96. The first kappa shape index (κ1) is 15.2. The van der Waals surface area contributed by atoms with Crippen molar-refractivity contribution in [1.29, 1.82) is 0 Å². The minimum absolute atomic E-state index is 0.451. The van der Waals surface area contributed by atoms with Gasteiger partial charge in [-0.05, 0) is 25.0 Å². The number of imidazole rings is 1. The van der Waals surface area contributed by atoms with Crippen LogP contribution in [0.25, 0.3) is 11.0 Å². The minimum Gasteiger partial charge on any atom is -0.370 e. The molecule has 0 radical (unpaired) electrons. The molecule has 6 heteroatoms. The maximum absolute atomic E-state index is 6.23. The maximum atomic E-state index is 6.23. The van der Waals surface area contributed by atoms with E-state index in [2.05, 4.69) is 15.3 Å². The smallest absolute Gasteiger partial charge is 0.189 e. The predicted molar refractivity (Wildman–Crippen MR) is 91.1 cm³/mol. The minimum atomic E-state index is 0.451. The van der Waals surface area contributed by atoms with Gasteiger partial charge in [-0.25, -0.2) is 9.98 Å². The number of halogens is 1. The van der Waals surface area contributed by atoms with Gasteiger partial charge in [0.25, 0.3) is 0 Å². The van der Waals surface area contributed by atoms with Gasteiger partial charge < -0.3 is 15.6 Å². The van der Waals surface area contributed by atoms with Gasteiger partial charge in [-0.1, -0.05) is 36.9 Å². The van der Waals surface area contributed by atoms with Crippen molar-refractivity contribution in [3.63, 3.8) is 0 Å². The second-order valence-corrected chi connectivity index (χ2v) is 6.28. The summed E-state index contributed by atoms with van der Waals surface area (Å²) in [6.07, 6.45) is 6.23. The molecule has 1 aromatic carbocycles. The van der Waals surface area contributed by atoms with Gasteiger partial charge in [0.15, 0.2) is 5.96 Å². The van der Waals surface area contributed by atoms with Crippen molar-refractivity contribution in [3.8, 4) is 0 Å². The number of hydrogen-bond donors (Lipinski definition) is 2. The van der Waals surface area contributed by atoms with E-state index in [0.717, 1.165) is 16.9 Å². The monoisotopic (exact) mass is 319 g/mol. The fraction of sp³-hybridized carbons (Fsp3) is 0.500. The Balaban J connectivity index is 1.71. The summed E-state index contributed by atoms with van der Waals surface area (Å²) in [5.74, 6) is 1.36. The third kappa shape index (κ3) is 3.19. The average molecular weight is 320 g/mol. The van der Waals surface area contributed by atoms with Gasteiger partial charge in [-0.3, -0.25) is 0 Å². The molecule has 0 bridgehead atoms. The van der Waals surface area contributed by atoms with Crippen LogP contribution in [0.5, 0.6) is 0 Å². The lowest BCUT2D eigenvalue weighted by atomic mass is 9.96. The number of fused-ring (bicyclic) bond motifs is 1. The van der Waals surface area contributed by atoms with E-state index in [0.29, 0.717) is 23.6 Å². The Bertz CT molecular complexity index is 685. The number of para-hydroxylation sites is 1. The summed E-state index contributed by atoms with van der Waals surface area (Å²) < 4.78 is 1.98. The molecule has 3 N–H and O–H groups in total. The Morgan fingerprint density at radius 3 is 2.91 bits per heavy atom. The number of nitrogens with zero attached hydrogens (tertiary/aromatic N) is 3. The van der Waals surface area contributed by atoms with Crippen molar-refractivity contribution < 1.29 is 0 Å². The van der Waals surface area contributed by atoms with Crippen molar-refractivity contribution in [3.05, 3.63) is 29.0 Å². The van der Waals surface area contributed by atoms with Gasteiger partial charge >= 0.3 is 0 Å². The van der Waals surface area contributed by atoms with Crippen molar-refractivity contribution in [2.75, 3.05) is 0 Å². The summed E-state index contributed by atoms with van der Waals surface area (Å²) in [6, 6.07) is 6.20. The SMILES string of the molecule is Cn1c(CN=C(N)NC2CCCCC2)nc2cccc(Cl)c21. The zero-order valence-corrected chi connectivity index (χ0v) is 13.6. The molecule has 0 amide bonds. The third-order valence-electron chi connectivity index (χ3n) is 4.29. The first-order valence-corrected chi connectivity index (χ1v) is 8.19. The zero-order valence-electron chi connectivity index (χ0n) is 12.8. The molecule has 0 aliphatic heterocycles. The number of aromatic nitrogens is 2. The van der Waals surface area contributed by atoms with Gasteiger partial charge in [0.05, 0.1) is 16.1 Å². The Morgan fingerprint density at radius 2 is 2.18 bits per heavy atom. The average Bonchev–Trinajstić information content (AvgIpc) is 2.84. The highest BCUT2D eigenvalue weighted by Gasteiger charge is 2.14. The van der Waals surface area contributed by atoms with Gasteiger partial charge in [0.1, 0.15) is 12.4 Å². The number of hydrogen-bond acceptors (Lipinski definition) is 2. The number of rotatable bonds is 3. The fourth-order valence-corrected chi connectivity index (χ4v) is 3.36. The van der Waals surface area contributed by atoms with Crippen molar-refractivity contribution in [1.82, 2.24) is 14.9 Å². The van der Waals surface area contributed by atoms with Crippen LogP contribution in [0.1, 0.15) is 37.9 Å². The van der Waals surface area contributed by atoms with E-state index < -0.39 is 0 Å². The first-order chi connectivity index (χ1) is 10.6. The topological polar surface area (TPSA) is 68.2 Å². The van der Waals surface area contributed by atoms with Gasteiger partial charge in [0, 0.05) is 13.1 Å². The Hall–Kier alpha value is -1.75. The largest absolute Gasteiger partial charge is 0.370 e. The van der Waals surface area contributed by atoms with Gasteiger partial charge in [-0.2, -0.15) is 0 Å². The van der Waals surface area contributed by atoms with Crippen LogP contribution < -0.4 is 11.1 Å². The van der Waals surface area contributed by atoms with Crippen molar-refractivity contribution >= 4 is 28.6 Å². The second kappa shape index (κ2) is 6.57. The molecule has 5 nitrogen and oxygen atoms in total. The molecular weight excluding hydrogens is 298 g/mol. The highest BCUT2D eigenvalue weighted by atomic mass is 35.5. The molecule has 0 spiro atoms. The quantitative estimate of drug-likeness (QED) is 0.675. The van der Waals surface area contributed by atoms with Crippen molar-refractivity contribution in [2.24, 2.45) is 17.8 Å². The number of aryl methyl sites for hydroxylation is 1. The Labute approximate surface area is 135 Å². The molecule has 1 aliphatic rings. The van der Waals surface area contributed by atoms with E-state index in [4.69, 9.17) is 17.3 Å². The standard InChI is InChI=1S/C16H22ClN5/c1-22-14(21-13-9-5-8-12(17)15(13)22)10-19-16(18)20-11-6-3-2-4-7-11/h5,8-9,11H,2-4,6-7,10H2,1H3,(H3,18,19,20). The third-order valence-corrected chi connectivity index (χ3v) is 4.59. The second-order valence-electron chi connectivity index (χ2n) is 5.88. The fourth-order valence-electron chi connectivity index (χ4n) is 3.07. The van der Waals surface area contributed by atoms with E-state index in [-0.39, 0.29) is 0 Å². The van der Waals surface area contributed by atoms with Crippen LogP contribution in [0.2, 0.25) is 5.02 Å². The van der Waals surface area contributed by atoms with Crippen LogP contribution in [-0.2, 0) is 13.6 Å². The number of nitrogens with two attached hydrogens (primary N) is 1. The van der Waals surface area contributed by atoms with E-state index in [9.17, 15) is 0 Å². The van der Waals surface area contributed by atoms with Crippen LogP contribution in [0, 0.1) is 0 Å². The molecule has 1 saturated carbocycles. The lowest BCUT2D eigenvalue weighted by Crippen LogP contribution is -2.41. The molecule has 0 atom stereocenters. The Morgan fingerprint density at radius 1 is 1.41 bits per heavy atom. The molecule has 3 rings (SSSR count). The van der Waals surface area contributed by atoms with Gasteiger partial charge in [-0.15, -0.1) is 0 Å². The molecule has 1 aromatic heterocycles. The van der Waals surface area contributed by atoms with E-state index in [1.54, 1.807) is 0 Å². The molecule has 1 heterocycles. The lowest BCUT2D eigenvalue weighted by molar-refractivity contribution is 0.412. The van der Waals surface area contributed by atoms with E-state index in [1.807, 2.05) is 29.8 Å². The molecule has 0 unspecified atom stereocenters. The molecule has 0 saturated heterocycles. The first-order valence-electron chi connectivity index (χ1n) is 7.81. The van der Waals surface area contributed by atoms with E-state index >= 15 is 0 Å². The van der Waals surface area contributed by atoms with Crippen LogP contribution in [0.15, 0.2) is 23.2 Å². The number of guanidine groups is 1. The summed E-state index contributed by atoms with van der Waals surface area (Å²) in [7, 11) is 1.96. The van der Waals surface area contributed by atoms with Crippen LogP contribution in [-0.4, -0.2) is 21.6 Å². The molecular formula is C16H22ClN5. The normalized spacial score (nSPS) is 17.1. The molecule has 1 fully saturated rings. The zero-order chi connectivity index (χ0) is 15.5. The lowest BCUT2D eigenvalue weighted by Gasteiger charge is -2.23. The summed E-state index contributed by atoms with van der Waals surface area (Å²) in [4.78, 5) is 9.01. The molecule has 22 heavy (non-hydrogen) atoms. The van der Waals surface area contributed by atoms with Crippen molar-refractivity contribution in [2.45, 2.75) is 44.7 Å². The highest BCUT2D eigenvalue weighted by molar-refractivity contribution is 6.35. The molecule has 118 valence electrons. The maximum Gasteiger partial charge on any atom is 0.189 e. The van der Waals surface area contributed by atoms with Crippen LogP contribution in [0.4, 0.5) is 0 Å². The Kier molecular flexibility index (Phi) is 4.52. The van der Waals surface area contributed by atoms with Crippen LogP contribution in [0.3, 0.4) is 0 Å². The summed E-state index contributed by atoms with van der Waals surface area (Å²) in [5.41, 5.74) is 7.83. The highest BCUT2D eigenvalue weighted by Crippen LogP contribution is 2.23. The van der Waals surface area contributed by atoms with Crippen LogP contribution >= 0.6 is 11.6 Å². The summed E-state index contributed by atoms with van der Waals surface area (Å²) >= 11 is 6.23. The molecule has 2 aromatic rings. The number of aliphatic imine (C=N–C) groups is 1. The van der Waals surface area contributed by atoms with E-state index in [1.165, 1.54) is 32.1 Å². The number of benzene rings is 1. The number of nitrogens with one attached hydrogen (secondary N) is 1. The summed E-state index contributed by atoms with van der Waals surface area (Å²) in [6.45, 7) is 0.451. The molecule has 1 aliphatic carbocycles. The van der Waals surface area contributed by atoms with Gasteiger partial charge in [0.2, 0.25) is 0 Å². The summed E-state index contributed by atoms with van der Waals surface area (Å²) in [5, 5.41) is 4.02.